The Hall–Kier alpha value is -2.82. The average molecular weight is 574 g/mol. The lowest BCUT2D eigenvalue weighted by atomic mass is 10.0. The van der Waals surface area contributed by atoms with Crippen molar-refractivity contribution in [2.45, 2.75) is 19.9 Å². The van der Waals surface area contributed by atoms with Crippen LogP contribution < -0.4 is 25.9 Å². The first-order valence-corrected chi connectivity index (χ1v) is 11.5. The van der Waals surface area contributed by atoms with Gasteiger partial charge in [-0.25, -0.2) is 5.43 Å². The number of amides is 3. The molecule has 0 saturated heterocycles. The van der Waals surface area contributed by atoms with E-state index in [0.29, 0.717) is 26.6 Å². The van der Waals surface area contributed by atoms with Crippen LogP contribution in [0.2, 0.25) is 10.0 Å². The number of hydrogen-bond donors (Lipinski definition) is 3. The molecule has 0 aliphatic heterocycles. The van der Waals surface area contributed by atoms with Crippen LogP contribution in [0.15, 0.2) is 39.9 Å². The van der Waals surface area contributed by atoms with E-state index in [1.165, 1.54) is 31.5 Å². The zero-order chi connectivity index (χ0) is 25.4. The standard InChI is InChI=1S/C22H23BrCl2N4O5/c1-11(2)19(28-21(31)14-5-4-13(24)8-16(14)25)22(32)29-27-9-12-6-15(23)20(17(7-12)33-3)34-10-18(26)30/h4-9,11,19H,10H2,1-3H3,(H2,26,30)(H,28,31)(H,29,32)/b27-9+. The van der Waals surface area contributed by atoms with E-state index in [1.54, 1.807) is 26.0 Å². The van der Waals surface area contributed by atoms with Crippen LogP contribution in [0.4, 0.5) is 0 Å². The van der Waals surface area contributed by atoms with Gasteiger partial charge in [-0.1, -0.05) is 37.0 Å². The van der Waals surface area contributed by atoms with E-state index in [9.17, 15) is 14.4 Å². The number of halogens is 3. The van der Waals surface area contributed by atoms with Crippen molar-refractivity contribution < 1.29 is 23.9 Å². The van der Waals surface area contributed by atoms with Gasteiger partial charge in [-0.3, -0.25) is 14.4 Å². The van der Waals surface area contributed by atoms with Crippen molar-refractivity contribution in [3.05, 3.63) is 56.0 Å². The van der Waals surface area contributed by atoms with Crippen LogP contribution in [0.25, 0.3) is 0 Å². The molecule has 34 heavy (non-hydrogen) atoms. The molecule has 2 aromatic carbocycles. The predicted molar refractivity (Wildman–Crippen MR) is 134 cm³/mol. The molecule has 0 spiro atoms. The van der Waals surface area contributed by atoms with E-state index in [1.807, 2.05) is 0 Å². The lowest BCUT2D eigenvalue weighted by molar-refractivity contribution is -0.124. The molecule has 0 aromatic heterocycles. The summed E-state index contributed by atoms with van der Waals surface area (Å²) < 4.78 is 11.1. The number of hydrazone groups is 1. The van der Waals surface area contributed by atoms with Crippen LogP contribution in [-0.4, -0.2) is 43.7 Å². The normalized spacial score (nSPS) is 11.9. The quantitative estimate of drug-likeness (QED) is 0.295. The van der Waals surface area contributed by atoms with Crippen LogP contribution in [0.5, 0.6) is 11.5 Å². The minimum atomic E-state index is -0.873. The number of nitrogens with zero attached hydrogens (tertiary/aromatic N) is 1. The zero-order valence-corrected chi connectivity index (χ0v) is 21.6. The van der Waals surface area contributed by atoms with Crippen LogP contribution in [-0.2, 0) is 9.59 Å². The molecule has 12 heteroatoms. The fourth-order valence-electron chi connectivity index (χ4n) is 2.77. The number of hydrogen-bond acceptors (Lipinski definition) is 6. The summed E-state index contributed by atoms with van der Waals surface area (Å²) in [5, 5.41) is 7.20. The number of nitrogens with two attached hydrogens (primary N) is 1. The van der Waals surface area contributed by atoms with E-state index in [4.69, 9.17) is 38.4 Å². The SMILES string of the molecule is COc1cc(/C=N/NC(=O)C(NC(=O)c2ccc(Cl)cc2Cl)C(C)C)cc(Br)c1OCC(N)=O. The molecule has 182 valence electrons. The van der Waals surface area contributed by atoms with E-state index >= 15 is 0 Å². The van der Waals surface area contributed by atoms with Gasteiger partial charge < -0.3 is 20.5 Å². The number of primary amides is 1. The number of nitrogens with one attached hydrogen (secondary N) is 2. The van der Waals surface area contributed by atoms with E-state index in [2.05, 4.69) is 31.8 Å². The Bertz CT molecular complexity index is 1110. The first-order valence-electron chi connectivity index (χ1n) is 9.91. The van der Waals surface area contributed by atoms with Gasteiger partial charge in [0.15, 0.2) is 18.1 Å². The zero-order valence-electron chi connectivity index (χ0n) is 18.5. The van der Waals surface area contributed by atoms with Gasteiger partial charge >= 0.3 is 0 Å². The van der Waals surface area contributed by atoms with E-state index < -0.39 is 23.8 Å². The highest BCUT2D eigenvalue weighted by molar-refractivity contribution is 9.10. The Morgan fingerprint density at radius 3 is 2.50 bits per heavy atom. The summed E-state index contributed by atoms with van der Waals surface area (Å²) in [5.74, 6) is -1.27. The van der Waals surface area contributed by atoms with E-state index in [0.717, 1.165) is 0 Å². The van der Waals surface area contributed by atoms with Gasteiger partial charge in [0.2, 0.25) is 0 Å². The van der Waals surface area contributed by atoms with Crippen molar-refractivity contribution >= 4 is 63.1 Å². The minimum Gasteiger partial charge on any atom is -0.493 e. The minimum absolute atomic E-state index is 0.175. The molecular formula is C22H23BrCl2N4O5. The Kier molecular flexibility index (Phi) is 10.2. The van der Waals surface area contributed by atoms with Crippen molar-refractivity contribution in [1.29, 1.82) is 0 Å². The molecule has 0 aliphatic rings. The number of ether oxygens (including phenoxy) is 2. The fraction of sp³-hybridized carbons (Fsp3) is 0.273. The third-order valence-corrected chi connectivity index (χ3v) is 5.55. The molecule has 9 nitrogen and oxygen atoms in total. The maximum atomic E-state index is 12.7. The molecule has 4 N–H and O–H groups in total. The molecule has 0 heterocycles. The average Bonchev–Trinajstić information content (AvgIpc) is 2.75. The maximum absolute atomic E-state index is 12.7. The van der Waals surface area contributed by atoms with Crippen molar-refractivity contribution in [2.24, 2.45) is 16.8 Å². The molecule has 0 radical (unpaired) electrons. The Labute approximate surface area is 215 Å². The monoisotopic (exact) mass is 572 g/mol. The number of carbonyl (C=O) groups is 3. The Morgan fingerprint density at radius 1 is 1.21 bits per heavy atom. The first-order chi connectivity index (χ1) is 16.0. The Morgan fingerprint density at radius 2 is 1.91 bits per heavy atom. The summed E-state index contributed by atoms with van der Waals surface area (Å²) in [6, 6.07) is 6.84. The Balaban J connectivity index is 2.11. The summed E-state index contributed by atoms with van der Waals surface area (Å²) in [6.07, 6.45) is 1.39. The second kappa shape index (κ2) is 12.6. The molecule has 0 bridgehead atoms. The second-order valence-electron chi connectivity index (χ2n) is 7.34. The topological polar surface area (TPSA) is 132 Å². The van der Waals surface area contributed by atoms with Crippen LogP contribution >= 0.6 is 39.1 Å². The van der Waals surface area contributed by atoms with Gasteiger partial charge in [-0.2, -0.15) is 5.10 Å². The van der Waals surface area contributed by atoms with Crippen molar-refractivity contribution in [1.82, 2.24) is 10.7 Å². The lowest BCUT2D eigenvalue weighted by Gasteiger charge is -2.20. The summed E-state index contributed by atoms with van der Waals surface area (Å²) in [7, 11) is 1.43. The van der Waals surface area contributed by atoms with Gasteiger partial charge in [-0.05, 0) is 57.7 Å². The molecule has 2 aromatic rings. The number of carbonyl (C=O) groups excluding carboxylic acids is 3. The molecule has 2 rings (SSSR count). The molecule has 3 amide bonds. The molecular weight excluding hydrogens is 551 g/mol. The largest absolute Gasteiger partial charge is 0.493 e. The molecule has 0 fully saturated rings. The lowest BCUT2D eigenvalue weighted by Crippen LogP contribution is -2.48. The second-order valence-corrected chi connectivity index (χ2v) is 9.04. The predicted octanol–water partition coefficient (Wildman–Crippen LogP) is 3.53. The van der Waals surface area contributed by atoms with Gasteiger partial charge in [-0.15, -0.1) is 0 Å². The van der Waals surface area contributed by atoms with Crippen LogP contribution in [0, 0.1) is 5.92 Å². The summed E-state index contributed by atoms with van der Waals surface area (Å²) in [5.41, 5.74) is 8.29. The highest BCUT2D eigenvalue weighted by atomic mass is 79.9. The van der Waals surface area contributed by atoms with Crippen LogP contribution in [0.1, 0.15) is 29.8 Å². The van der Waals surface area contributed by atoms with Crippen LogP contribution in [0.3, 0.4) is 0 Å². The third kappa shape index (κ3) is 7.61. The summed E-state index contributed by atoms with van der Waals surface area (Å²) in [4.78, 5) is 36.3. The van der Waals surface area contributed by atoms with Crippen molar-refractivity contribution in [3.8, 4) is 11.5 Å². The highest BCUT2D eigenvalue weighted by Gasteiger charge is 2.25. The van der Waals surface area contributed by atoms with Gasteiger partial charge in [0, 0.05) is 5.02 Å². The summed E-state index contributed by atoms with van der Waals surface area (Å²) in [6.45, 7) is 3.25. The number of rotatable bonds is 10. The maximum Gasteiger partial charge on any atom is 0.262 e. The van der Waals surface area contributed by atoms with E-state index in [-0.39, 0.29) is 23.1 Å². The fourth-order valence-corrected chi connectivity index (χ4v) is 3.83. The van der Waals surface area contributed by atoms with Gasteiger partial charge in [0.05, 0.1) is 28.4 Å². The third-order valence-electron chi connectivity index (χ3n) is 4.41. The van der Waals surface area contributed by atoms with Crippen molar-refractivity contribution in [3.63, 3.8) is 0 Å². The molecule has 1 unspecified atom stereocenters. The van der Waals surface area contributed by atoms with Gasteiger partial charge in [0.1, 0.15) is 6.04 Å². The molecule has 0 aliphatic carbocycles. The van der Waals surface area contributed by atoms with Crippen molar-refractivity contribution in [2.75, 3.05) is 13.7 Å². The first kappa shape index (κ1) is 27.4. The number of methoxy groups -OCH3 is 1. The molecule has 0 saturated carbocycles. The highest BCUT2D eigenvalue weighted by Crippen LogP contribution is 2.36. The molecule has 1 atom stereocenters. The number of benzene rings is 2. The summed E-state index contributed by atoms with van der Waals surface area (Å²) >= 11 is 15.3. The smallest absolute Gasteiger partial charge is 0.262 e. The van der Waals surface area contributed by atoms with Gasteiger partial charge in [0.25, 0.3) is 17.7 Å².